The van der Waals surface area contributed by atoms with E-state index in [1.165, 1.54) is 0 Å². The molecule has 6 nitrogen and oxygen atoms in total. The number of aliphatic hydroxyl groups excluding tert-OH is 1. The Hall–Kier alpha value is -2.08. The fourth-order valence-electron chi connectivity index (χ4n) is 2.34. The molecule has 1 aromatic carbocycles. The molecule has 1 aromatic rings. The first kappa shape index (κ1) is 14.3. The molecule has 0 saturated heterocycles. The topological polar surface area (TPSA) is 95.9 Å². The standard InChI is InChI=1S/C14H17NO5/c16-11-6-7-14(8-11,12(17)18)15-13(19)20-9-10-4-2-1-3-5-10/h1-5,11,16H,6-9H2,(H,15,19)(H,17,18)/t11-,14+/m0/s1. The van der Waals surface area contributed by atoms with Crippen molar-refractivity contribution in [3.05, 3.63) is 35.9 Å². The zero-order valence-electron chi connectivity index (χ0n) is 10.9. The number of carbonyl (C=O) groups excluding carboxylic acids is 1. The first-order chi connectivity index (χ1) is 9.52. The highest BCUT2D eigenvalue weighted by atomic mass is 16.5. The molecular formula is C14H17NO5. The number of nitrogens with one attached hydrogen (secondary N) is 1. The van der Waals surface area contributed by atoms with Crippen LogP contribution in [0, 0.1) is 0 Å². The summed E-state index contributed by atoms with van der Waals surface area (Å²) in [6, 6.07) is 9.10. The van der Waals surface area contributed by atoms with Gasteiger partial charge in [0.25, 0.3) is 0 Å². The van der Waals surface area contributed by atoms with Gasteiger partial charge in [-0.1, -0.05) is 30.3 Å². The van der Waals surface area contributed by atoms with Crippen molar-refractivity contribution in [3.63, 3.8) is 0 Å². The summed E-state index contributed by atoms with van der Waals surface area (Å²) >= 11 is 0. The Labute approximate surface area is 116 Å². The highest BCUT2D eigenvalue weighted by Crippen LogP contribution is 2.30. The van der Waals surface area contributed by atoms with E-state index in [4.69, 9.17) is 4.74 Å². The van der Waals surface area contributed by atoms with Crippen molar-refractivity contribution in [3.8, 4) is 0 Å². The van der Waals surface area contributed by atoms with Crippen LogP contribution >= 0.6 is 0 Å². The van der Waals surface area contributed by atoms with Crippen molar-refractivity contribution in [1.82, 2.24) is 5.32 Å². The van der Waals surface area contributed by atoms with Crippen LogP contribution in [0.2, 0.25) is 0 Å². The van der Waals surface area contributed by atoms with Crippen LogP contribution in [0.1, 0.15) is 24.8 Å². The molecule has 0 unspecified atom stereocenters. The van der Waals surface area contributed by atoms with Gasteiger partial charge in [0.15, 0.2) is 0 Å². The minimum atomic E-state index is -1.42. The SMILES string of the molecule is O=C(N[C@]1(C(=O)O)CC[C@H](O)C1)OCc1ccccc1. The number of alkyl carbamates (subject to hydrolysis) is 1. The lowest BCUT2D eigenvalue weighted by atomic mass is 9.98. The number of hydrogen-bond donors (Lipinski definition) is 3. The number of rotatable bonds is 4. The maximum absolute atomic E-state index is 11.7. The minimum absolute atomic E-state index is 0.00275. The zero-order chi connectivity index (χ0) is 14.6. The molecule has 0 bridgehead atoms. The molecule has 1 fully saturated rings. The number of carbonyl (C=O) groups is 2. The van der Waals surface area contributed by atoms with E-state index in [0.717, 1.165) is 5.56 Å². The average Bonchev–Trinajstić information content (AvgIpc) is 2.80. The van der Waals surface area contributed by atoms with Gasteiger partial charge < -0.3 is 20.3 Å². The van der Waals surface area contributed by atoms with Gasteiger partial charge in [0.1, 0.15) is 12.1 Å². The molecule has 0 radical (unpaired) electrons. The Morgan fingerprint density at radius 1 is 1.35 bits per heavy atom. The van der Waals surface area contributed by atoms with Crippen LogP contribution in [0.5, 0.6) is 0 Å². The van der Waals surface area contributed by atoms with Crippen LogP contribution in [-0.4, -0.2) is 33.9 Å². The van der Waals surface area contributed by atoms with Gasteiger partial charge in [-0.05, 0) is 18.4 Å². The van der Waals surface area contributed by atoms with Crippen molar-refractivity contribution >= 4 is 12.1 Å². The summed E-state index contributed by atoms with van der Waals surface area (Å²) in [4.78, 5) is 23.0. The molecule has 0 aromatic heterocycles. The largest absolute Gasteiger partial charge is 0.480 e. The monoisotopic (exact) mass is 279 g/mol. The molecule has 108 valence electrons. The average molecular weight is 279 g/mol. The zero-order valence-corrected chi connectivity index (χ0v) is 10.9. The molecule has 6 heteroatoms. The Bertz CT molecular complexity index is 490. The second kappa shape index (κ2) is 5.92. The summed E-state index contributed by atoms with van der Waals surface area (Å²) < 4.78 is 5.01. The number of amides is 1. The lowest BCUT2D eigenvalue weighted by molar-refractivity contribution is -0.144. The summed E-state index contributed by atoms with van der Waals surface area (Å²) in [5, 5.41) is 21.1. The molecule has 1 aliphatic carbocycles. The van der Waals surface area contributed by atoms with Gasteiger partial charge in [-0.15, -0.1) is 0 Å². The third kappa shape index (κ3) is 3.27. The number of ether oxygens (including phenoxy) is 1. The third-order valence-electron chi connectivity index (χ3n) is 3.45. The fraction of sp³-hybridized carbons (Fsp3) is 0.429. The van der Waals surface area contributed by atoms with Gasteiger partial charge in [0, 0.05) is 6.42 Å². The molecule has 2 rings (SSSR count). The van der Waals surface area contributed by atoms with E-state index >= 15 is 0 Å². The maximum atomic E-state index is 11.7. The minimum Gasteiger partial charge on any atom is -0.480 e. The normalized spacial score (nSPS) is 25.1. The molecule has 0 heterocycles. The van der Waals surface area contributed by atoms with Crippen LogP contribution in [0.25, 0.3) is 0 Å². The summed E-state index contributed by atoms with van der Waals surface area (Å²) in [6.07, 6.45) is -0.941. The van der Waals surface area contributed by atoms with Crippen LogP contribution < -0.4 is 5.32 Å². The highest BCUT2D eigenvalue weighted by Gasteiger charge is 2.46. The van der Waals surface area contributed by atoms with Gasteiger partial charge in [-0.3, -0.25) is 0 Å². The van der Waals surface area contributed by atoms with E-state index in [0.29, 0.717) is 6.42 Å². The summed E-state index contributed by atoms with van der Waals surface area (Å²) in [6.45, 7) is 0.0743. The smallest absolute Gasteiger partial charge is 0.408 e. The molecule has 1 saturated carbocycles. The summed E-state index contributed by atoms with van der Waals surface area (Å²) in [7, 11) is 0. The van der Waals surface area contributed by atoms with E-state index in [9.17, 15) is 19.8 Å². The van der Waals surface area contributed by atoms with Gasteiger partial charge in [0.2, 0.25) is 0 Å². The summed E-state index contributed by atoms with van der Waals surface area (Å²) in [5.74, 6) is -1.15. The van der Waals surface area contributed by atoms with E-state index < -0.39 is 23.7 Å². The molecule has 2 atom stereocenters. The predicted molar refractivity (Wildman–Crippen MR) is 70.0 cm³/mol. The predicted octanol–water partition coefficient (Wildman–Crippen LogP) is 1.28. The fourth-order valence-corrected chi connectivity index (χ4v) is 2.34. The van der Waals surface area contributed by atoms with E-state index in [1.807, 2.05) is 18.2 Å². The van der Waals surface area contributed by atoms with Gasteiger partial charge in [-0.25, -0.2) is 9.59 Å². The maximum Gasteiger partial charge on any atom is 0.408 e. The van der Waals surface area contributed by atoms with E-state index in [-0.39, 0.29) is 19.4 Å². The second-order valence-electron chi connectivity index (χ2n) is 4.97. The van der Waals surface area contributed by atoms with Crippen molar-refractivity contribution in [2.24, 2.45) is 0 Å². The van der Waals surface area contributed by atoms with Gasteiger partial charge in [0.05, 0.1) is 6.10 Å². The van der Waals surface area contributed by atoms with Crippen LogP contribution in [0.3, 0.4) is 0 Å². The molecule has 3 N–H and O–H groups in total. The van der Waals surface area contributed by atoms with Crippen LogP contribution in [0.15, 0.2) is 30.3 Å². The van der Waals surface area contributed by atoms with Crippen molar-refractivity contribution in [1.29, 1.82) is 0 Å². The van der Waals surface area contributed by atoms with E-state index in [2.05, 4.69) is 5.32 Å². The van der Waals surface area contributed by atoms with Crippen molar-refractivity contribution < 1.29 is 24.5 Å². The number of carboxylic acids is 1. The molecule has 0 aliphatic heterocycles. The Morgan fingerprint density at radius 3 is 2.60 bits per heavy atom. The number of hydrogen-bond acceptors (Lipinski definition) is 4. The first-order valence-electron chi connectivity index (χ1n) is 6.42. The molecule has 0 spiro atoms. The highest BCUT2D eigenvalue weighted by molar-refractivity contribution is 5.84. The molecule has 1 aliphatic rings. The number of aliphatic hydroxyl groups is 1. The number of aliphatic carboxylic acids is 1. The first-order valence-corrected chi connectivity index (χ1v) is 6.42. The Kier molecular flexibility index (Phi) is 4.24. The van der Waals surface area contributed by atoms with Crippen molar-refractivity contribution in [2.45, 2.75) is 37.5 Å². The van der Waals surface area contributed by atoms with Crippen LogP contribution in [-0.2, 0) is 16.1 Å². The summed E-state index contributed by atoms with van der Waals surface area (Å²) in [5.41, 5.74) is -0.605. The third-order valence-corrected chi connectivity index (χ3v) is 3.45. The second-order valence-corrected chi connectivity index (χ2v) is 4.97. The van der Waals surface area contributed by atoms with Crippen LogP contribution in [0.4, 0.5) is 4.79 Å². The number of carboxylic acid groups (broad SMARTS) is 1. The Balaban J connectivity index is 1.91. The van der Waals surface area contributed by atoms with Crippen molar-refractivity contribution in [2.75, 3.05) is 0 Å². The van der Waals surface area contributed by atoms with E-state index in [1.54, 1.807) is 12.1 Å². The number of benzene rings is 1. The lowest BCUT2D eigenvalue weighted by Gasteiger charge is -2.24. The quantitative estimate of drug-likeness (QED) is 0.771. The molecular weight excluding hydrogens is 262 g/mol. The molecule has 20 heavy (non-hydrogen) atoms. The van der Waals surface area contributed by atoms with Gasteiger partial charge in [-0.2, -0.15) is 0 Å². The molecule has 1 amide bonds. The Morgan fingerprint density at radius 2 is 2.05 bits per heavy atom. The lowest BCUT2D eigenvalue weighted by Crippen LogP contribution is -2.53. The van der Waals surface area contributed by atoms with Gasteiger partial charge >= 0.3 is 12.1 Å².